The molecule has 3 rings (SSSR count). The van der Waals surface area contributed by atoms with Gasteiger partial charge in [-0.05, 0) is 38.0 Å². The van der Waals surface area contributed by atoms with E-state index in [1.54, 1.807) is 0 Å². The number of urea groups is 1. The van der Waals surface area contributed by atoms with Crippen molar-refractivity contribution < 1.29 is 14.3 Å². The third-order valence-corrected chi connectivity index (χ3v) is 4.79. The molecule has 3 aliphatic rings. The van der Waals surface area contributed by atoms with Gasteiger partial charge in [-0.3, -0.25) is 0 Å². The van der Waals surface area contributed by atoms with Crippen molar-refractivity contribution in [1.29, 1.82) is 0 Å². The maximum Gasteiger partial charge on any atom is 0.317 e. The van der Waals surface area contributed by atoms with Crippen LogP contribution < -0.4 is 5.32 Å². The van der Waals surface area contributed by atoms with Gasteiger partial charge in [-0.25, -0.2) is 4.79 Å². The van der Waals surface area contributed by atoms with Crippen LogP contribution in [0.4, 0.5) is 4.79 Å². The third-order valence-electron chi connectivity index (χ3n) is 4.79. The monoisotopic (exact) mass is 282 g/mol. The molecule has 0 unspecified atom stereocenters. The number of piperidine rings is 1. The molecule has 2 heterocycles. The number of carbonyl (C=O) groups is 1. The van der Waals surface area contributed by atoms with Gasteiger partial charge in [0.25, 0.3) is 0 Å². The molecular weight excluding hydrogens is 256 g/mol. The molecule has 0 radical (unpaired) electrons. The highest BCUT2D eigenvalue weighted by Crippen LogP contribution is 2.26. The number of ether oxygens (including phenoxy) is 2. The Kier molecular flexibility index (Phi) is 4.78. The highest BCUT2D eigenvalue weighted by molar-refractivity contribution is 5.74. The summed E-state index contributed by atoms with van der Waals surface area (Å²) in [4.78, 5) is 14.4. The number of hydrogen-bond acceptors (Lipinski definition) is 3. The zero-order chi connectivity index (χ0) is 13.8. The van der Waals surface area contributed by atoms with E-state index in [0.29, 0.717) is 19.1 Å². The van der Waals surface area contributed by atoms with Gasteiger partial charge < -0.3 is 19.7 Å². The summed E-state index contributed by atoms with van der Waals surface area (Å²) in [6.45, 7) is 2.95. The molecular formula is C15H26N2O3. The topological polar surface area (TPSA) is 50.8 Å². The Bertz CT molecular complexity index is 325. The van der Waals surface area contributed by atoms with Gasteiger partial charge in [-0.2, -0.15) is 0 Å². The maximum absolute atomic E-state index is 12.4. The number of nitrogens with zero attached hydrogens (tertiary/aromatic N) is 1. The SMILES string of the molecule is O=C(NCC1CCCC1)N1CCCC[C@@H]1C1OCCO1. The Labute approximate surface area is 121 Å². The van der Waals surface area contributed by atoms with Gasteiger partial charge in [-0.1, -0.05) is 12.8 Å². The fourth-order valence-corrected chi connectivity index (χ4v) is 3.64. The van der Waals surface area contributed by atoms with E-state index in [1.807, 2.05) is 4.90 Å². The Morgan fingerprint density at radius 2 is 1.75 bits per heavy atom. The van der Waals surface area contributed by atoms with Gasteiger partial charge in [0.2, 0.25) is 0 Å². The van der Waals surface area contributed by atoms with Crippen LogP contribution in [0.5, 0.6) is 0 Å². The summed E-state index contributed by atoms with van der Waals surface area (Å²) in [7, 11) is 0. The zero-order valence-corrected chi connectivity index (χ0v) is 12.2. The minimum atomic E-state index is -0.215. The van der Waals surface area contributed by atoms with Crippen LogP contribution in [0.1, 0.15) is 44.9 Å². The summed E-state index contributed by atoms with van der Waals surface area (Å²) in [5, 5.41) is 3.12. The predicted molar refractivity (Wildman–Crippen MR) is 75.4 cm³/mol. The molecule has 2 saturated heterocycles. The lowest BCUT2D eigenvalue weighted by Crippen LogP contribution is -2.54. The molecule has 0 aromatic heterocycles. The number of amides is 2. The number of likely N-dealkylation sites (tertiary alicyclic amines) is 1. The first kappa shape index (κ1) is 14.1. The average Bonchev–Trinajstić information content (AvgIpc) is 3.18. The molecule has 0 spiro atoms. The molecule has 20 heavy (non-hydrogen) atoms. The largest absolute Gasteiger partial charge is 0.348 e. The van der Waals surface area contributed by atoms with Crippen LogP contribution in [0, 0.1) is 5.92 Å². The lowest BCUT2D eigenvalue weighted by Gasteiger charge is -2.38. The van der Waals surface area contributed by atoms with Crippen molar-refractivity contribution >= 4 is 6.03 Å². The van der Waals surface area contributed by atoms with Crippen molar-refractivity contribution in [2.45, 2.75) is 57.3 Å². The van der Waals surface area contributed by atoms with Crippen molar-refractivity contribution in [1.82, 2.24) is 10.2 Å². The first-order valence-corrected chi connectivity index (χ1v) is 8.12. The van der Waals surface area contributed by atoms with Crippen LogP contribution in [0.25, 0.3) is 0 Å². The molecule has 2 amide bonds. The van der Waals surface area contributed by atoms with Crippen LogP contribution in [-0.2, 0) is 9.47 Å². The van der Waals surface area contributed by atoms with E-state index in [9.17, 15) is 4.79 Å². The summed E-state index contributed by atoms with van der Waals surface area (Å²) in [5.41, 5.74) is 0. The molecule has 1 saturated carbocycles. The number of hydrogen-bond donors (Lipinski definition) is 1. The molecule has 0 aromatic carbocycles. The van der Waals surface area contributed by atoms with E-state index < -0.39 is 0 Å². The molecule has 5 nitrogen and oxygen atoms in total. The van der Waals surface area contributed by atoms with Crippen LogP contribution >= 0.6 is 0 Å². The fourth-order valence-electron chi connectivity index (χ4n) is 3.64. The molecule has 1 N–H and O–H groups in total. The number of rotatable bonds is 3. The van der Waals surface area contributed by atoms with E-state index in [0.717, 1.165) is 32.4 Å². The summed E-state index contributed by atoms with van der Waals surface area (Å²) < 4.78 is 11.2. The van der Waals surface area contributed by atoms with Crippen LogP contribution in [-0.4, -0.2) is 49.6 Å². The summed E-state index contributed by atoms with van der Waals surface area (Å²) in [5.74, 6) is 0.682. The first-order chi connectivity index (χ1) is 9.84. The highest BCUT2D eigenvalue weighted by atomic mass is 16.7. The van der Waals surface area contributed by atoms with Crippen molar-refractivity contribution in [3.63, 3.8) is 0 Å². The van der Waals surface area contributed by atoms with Crippen molar-refractivity contribution in [3.05, 3.63) is 0 Å². The molecule has 2 aliphatic heterocycles. The number of nitrogens with one attached hydrogen (secondary N) is 1. The Balaban J connectivity index is 1.52. The number of carbonyl (C=O) groups excluding carboxylic acids is 1. The summed E-state index contributed by atoms with van der Waals surface area (Å²) in [6, 6.07) is 0.163. The Hall–Kier alpha value is -0.810. The zero-order valence-electron chi connectivity index (χ0n) is 12.2. The minimum absolute atomic E-state index is 0.0701. The average molecular weight is 282 g/mol. The van der Waals surface area contributed by atoms with Crippen molar-refractivity contribution in [2.24, 2.45) is 5.92 Å². The second-order valence-corrected chi connectivity index (χ2v) is 6.20. The molecule has 114 valence electrons. The van der Waals surface area contributed by atoms with Gasteiger partial charge in [0, 0.05) is 13.1 Å². The van der Waals surface area contributed by atoms with Gasteiger partial charge >= 0.3 is 6.03 Å². The Morgan fingerprint density at radius 1 is 1.05 bits per heavy atom. The molecule has 0 bridgehead atoms. The molecule has 3 fully saturated rings. The highest BCUT2D eigenvalue weighted by Gasteiger charge is 2.36. The van der Waals surface area contributed by atoms with E-state index in [-0.39, 0.29) is 18.4 Å². The van der Waals surface area contributed by atoms with Crippen LogP contribution in [0.15, 0.2) is 0 Å². The van der Waals surface area contributed by atoms with Gasteiger partial charge in [0.15, 0.2) is 6.29 Å². The van der Waals surface area contributed by atoms with Gasteiger partial charge in [0.1, 0.15) is 0 Å². The van der Waals surface area contributed by atoms with E-state index in [2.05, 4.69) is 5.32 Å². The second kappa shape index (κ2) is 6.76. The molecule has 5 heteroatoms. The van der Waals surface area contributed by atoms with E-state index in [1.165, 1.54) is 25.7 Å². The van der Waals surface area contributed by atoms with Gasteiger partial charge in [0.05, 0.1) is 19.3 Å². The predicted octanol–water partition coefficient (Wildman–Crippen LogP) is 2.11. The molecule has 0 aromatic rings. The lowest BCUT2D eigenvalue weighted by atomic mass is 10.0. The normalized spacial score (nSPS) is 29.0. The standard InChI is InChI=1S/C15H26N2O3/c18-15(16-11-12-5-1-2-6-12)17-8-4-3-7-13(17)14-19-9-10-20-14/h12-14H,1-11H2,(H,16,18)/t13-/m1/s1. The summed E-state index contributed by atoms with van der Waals surface area (Å²) in [6.07, 6.45) is 8.17. The molecule has 1 aliphatic carbocycles. The maximum atomic E-state index is 12.4. The van der Waals surface area contributed by atoms with E-state index >= 15 is 0 Å². The quantitative estimate of drug-likeness (QED) is 0.862. The van der Waals surface area contributed by atoms with Crippen molar-refractivity contribution in [3.8, 4) is 0 Å². The van der Waals surface area contributed by atoms with E-state index in [4.69, 9.17) is 9.47 Å². The third kappa shape index (κ3) is 3.26. The van der Waals surface area contributed by atoms with Crippen LogP contribution in [0.2, 0.25) is 0 Å². The van der Waals surface area contributed by atoms with Gasteiger partial charge in [-0.15, -0.1) is 0 Å². The first-order valence-electron chi connectivity index (χ1n) is 8.12. The summed E-state index contributed by atoms with van der Waals surface area (Å²) >= 11 is 0. The fraction of sp³-hybridized carbons (Fsp3) is 0.933. The molecule has 1 atom stereocenters. The smallest absolute Gasteiger partial charge is 0.317 e. The Morgan fingerprint density at radius 3 is 2.50 bits per heavy atom. The lowest BCUT2D eigenvalue weighted by molar-refractivity contribution is -0.0983. The van der Waals surface area contributed by atoms with Crippen LogP contribution in [0.3, 0.4) is 0 Å². The second-order valence-electron chi connectivity index (χ2n) is 6.20. The minimum Gasteiger partial charge on any atom is -0.348 e. The van der Waals surface area contributed by atoms with Crippen molar-refractivity contribution in [2.75, 3.05) is 26.3 Å².